The number of carbonyl (C=O) groups is 1. The third kappa shape index (κ3) is 5.49. The van der Waals surface area contributed by atoms with Crippen LogP contribution in [0.25, 0.3) is 10.9 Å². The van der Waals surface area contributed by atoms with E-state index in [2.05, 4.69) is 39.6 Å². The van der Waals surface area contributed by atoms with E-state index in [-0.39, 0.29) is 11.8 Å². The van der Waals surface area contributed by atoms with Crippen molar-refractivity contribution in [3.63, 3.8) is 0 Å². The molecule has 0 unspecified atom stereocenters. The zero-order chi connectivity index (χ0) is 24.0. The fourth-order valence-corrected chi connectivity index (χ4v) is 4.65. The van der Waals surface area contributed by atoms with E-state index in [9.17, 15) is 4.79 Å². The normalized spacial score (nSPS) is 16.1. The second kappa shape index (κ2) is 10.7. The van der Waals surface area contributed by atoms with Crippen molar-refractivity contribution in [3.05, 3.63) is 102 Å². The minimum absolute atomic E-state index is 0.0393. The lowest BCUT2D eigenvalue weighted by molar-refractivity contribution is 0.0737. The zero-order valence-electron chi connectivity index (χ0n) is 20.0. The molecule has 1 N–H and O–H groups in total. The van der Waals surface area contributed by atoms with Crippen molar-refractivity contribution in [2.24, 2.45) is 5.92 Å². The van der Waals surface area contributed by atoms with E-state index in [0.717, 1.165) is 34.3 Å². The Labute approximate surface area is 206 Å². The summed E-state index contributed by atoms with van der Waals surface area (Å²) in [5.74, 6) is 0.249. The summed E-state index contributed by atoms with van der Waals surface area (Å²) < 4.78 is 5.90. The Morgan fingerprint density at radius 2 is 1.94 bits per heavy atom. The van der Waals surface area contributed by atoms with Crippen LogP contribution in [0.2, 0.25) is 0 Å². The van der Waals surface area contributed by atoms with E-state index >= 15 is 0 Å². The second-order valence-corrected chi connectivity index (χ2v) is 9.09. The number of fused-ring (bicyclic) bond motifs is 1. The number of aryl methyl sites for hydroxylation is 1. The Hall–Kier alpha value is -3.77. The van der Waals surface area contributed by atoms with Gasteiger partial charge in [0.2, 0.25) is 0 Å². The Morgan fingerprint density at radius 3 is 2.83 bits per heavy atom. The maximum atomic E-state index is 13.5. The highest BCUT2D eigenvalue weighted by atomic mass is 16.5. The molecule has 6 nitrogen and oxygen atoms in total. The van der Waals surface area contributed by atoms with E-state index in [4.69, 9.17) is 4.74 Å². The van der Waals surface area contributed by atoms with Gasteiger partial charge in [-0.15, -0.1) is 0 Å². The van der Waals surface area contributed by atoms with Crippen molar-refractivity contribution in [1.82, 2.24) is 14.9 Å². The molecule has 0 saturated carbocycles. The van der Waals surface area contributed by atoms with Gasteiger partial charge in [-0.3, -0.25) is 14.8 Å². The Bertz CT molecular complexity index is 1300. The lowest BCUT2D eigenvalue weighted by Crippen LogP contribution is -2.36. The summed E-state index contributed by atoms with van der Waals surface area (Å²) in [5, 5.41) is 4.57. The molecule has 1 aliphatic heterocycles. The zero-order valence-corrected chi connectivity index (χ0v) is 20.0. The number of para-hydroxylation sites is 1. The number of hydrogen-bond acceptors (Lipinski definition) is 5. The van der Waals surface area contributed by atoms with Crippen molar-refractivity contribution < 1.29 is 9.53 Å². The molecule has 1 atom stereocenters. The van der Waals surface area contributed by atoms with Crippen LogP contribution in [0.1, 0.15) is 27.2 Å². The van der Waals surface area contributed by atoms with Crippen molar-refractivity contribution in [3.8, 4) is 0 Å². The molecule has 0 aliphatic carbocycles. The van der Waals surface area contributed by atoms with Gasteiger partial charge in [0.25, 0.3) is 5.91 Å². The molecule has 4 aromatic rings. The molecule has 1 saturated heterocycles. The predicted octanol–water partition coefficient (Wildman–Crippen LogP) is 4.88. The molecular formula is C29H30N4O2. The van der Waals surface area contributed by atoms with Gasteiger partial charge < -0.3 is 15.0 Å². The highest BCUT2D eigenvalue weighted by Gasteiger charge is 2.24. The van der Waals surface area contributed by atoms with Gasteiger partial charge in [0, 0.05) is 48.0 Å². The summed E-state index contributed by atoms with van der Waals surface area (Å²) in [6, 6.07) is 22.1. The molecule has 1 fully saturated rings. The molecule has 35 heavy (non-hydrogen) atoms. The minimum Gasteiger partial charge on any atom is -0.379 e. The first-order valence-corrected chi connectivity index (χ1v) is 12.1. The highest BCUT2D eigenvalue weighted by molar-refractivity contribution is 5.95. The summed E-state index contributed by atoms with van der Waals surface area (Å²) in [7, 11) is 0. The summed E-state index contributed by atoms with van der Waals surface area (Å²) >= 11 is 0. The van der Waals surface area contributed by atoms with E-state index < -0.39 is 0 Å². The number of anilines is 1. The van der Waals surface area contributed by atoms with E-state index in [1.54, 1.807) is 6.20 Å². The third-order valence-electron chi connectivity index (χ3n) is 6.52. The summed E-state index contributed by atoms with van der Waals surface area (Å²) in [6.45, 7) is 5.09. The first kappa shape index (κ1) is 23.0. The van der Waals surface area contributed by atoms with Crippen molar-refractivity contribution >= 4 is 22.5 Å². The number of hydrogen-bond donors (Lipinski definition) is 1. The molecule has 5 rings (SSSR count). The Morgan fingerprint density at radius 1 is 1.06 bits per heavy atom. The molecule has 1 aliphatic rings. The van der Waals surface area contributed by atoms with E-state index in [1.807, 2.05) is 60.5 Å². The highest BCUT2D eigenvalue weighted by Crippen LogP contribution is 2.23. The minimum atomic E-state index is 0.0393. The van der Waals surface area contributed by atoms with Crippen molar-refractivity contribution in [1.29, 1.82) is 0 Å². The van der Waals surface area contributed by atoms with Crippen LogP contribution < -0.4 is 5.32 Å². The van der Waals surface area contributed by atoms with Gasteiger partial charge in [0.15, 0.2) is 0 Å². The van der Waals surface area contributed by atoms with Crippen LogP contribution in [0, 0.1) is 12.8 Å². The van der Waals surface area contributed by atoms with Crippen molar-refractivity contribution in [2.45, 2.75) is 19.9 Å². The first-order chi connectivity index (χ1) is 17.2. The summed E-state index contributed by atoms with van der Waals surface area (Å²) in [6.07, 6.45) is 4.45. The molecule has 1 amide bonds. The maximum Gasteiger partial charge on any atom is 0.254 e. The Kier molecular flexibility index (Phi) is 7.00. The average Bonchev–Trinajstić information content (AvgIpc) is 3.14. The van der Waals surface area contributed by atoms with Gasteiger partial charge >= 0.3 is 0 Å². The standard InChI is InChI=1S/C29H30N4O2/c1-21-10-11-25(17-27(21)32-18-26-9-2-3-12-30-26)29(34)33-14-15-35-20-22(19-33)16-24-7-4-6-23-8-5-13-31-28(23)24/h2-13,17,22,32H,14-16,18-20H2,1H3/t22-/m0/s1. The van der Waals surface area contributed by atoms with Crippen LogP contribution in [0.3, 0.4) is 0 Å². The molecule has 178 valence electrons. The molecule has 0 bridgehead atoms. The first-order valence-electron chi connectivity index (χ1n) is 12.1. The molecule has 3 heterocycles. The Balaban J connectivity index is 1.30. The van der Waals surface area contributed by atoms with Gasteiger partial charge in [-0.1, -0.05) is 36.4 Å². The topological polar surface area (TPSA) is 67.4 Å². The quantitative estimate of drug-likeness (QED) is 0.439. The van der Waals surface area contributed by atoms with Gasteiger partial charge in [0.1, 0.15) is 0 Å². The lowest BCUT2D eigenvalue weighted by atomic mass is 9.97. The average molecular weight is 467 g/mol. The number of nitrogens with zero attached hydrogens (tertiary/aromatic N) is 3. The van der Waals surface area contributed by atoms with Crippen LogP contribution in [0.15, 0.2) is 79.1 Å². The molecule has 6 heteroatoms. The number of ether oxygens (including phenoxy) is 1. The number of carbonyl (C=O) groups excluding carboxylic acids is 1. The van der Waals surface area contributed by atoms with Gasteiger partial charge in [0.05, 0.1) is 31.0 Å². The van der Waals surface area contributed by atoms with Crippen LogP contribution in [-0.4, -0.2) is 47.1 Å². The fraction of sp³-hybridized carbons (Fsp3) is 0.276. The van der Waals surface area contributed by atoms with Gasteiger partial charge in [-0.25, -0.2) is 0 Å². The fourth-order valence-electron chi connectivity index (χ4n) is 4.65. The summed E-state index contributed by atoms with van der Waals surface area (Å²) in [4.78, 5) is 24.4. The second-order valence-electron chi connectivity index (χ2n) is 9.09. The van der Waals surface area contributed by atoms with Gasteiger partial charge in [-0.05, 0) is 54.8 Å². The van der Waals surface area contributed by atoms with Gasteiger partial charge in [-0.2, -0.15) is 0 Å². The number of amides is 1. The number of aromatic nitrogens is 2. The molecule has 2 aromatic carbocycles. The van der Waals surface area contributed by atoms with Crippen LogP contribution in [0.4, 0.5) is 5.69 Å². The number of rotatable bonds is 6. The van der Waals surface area contributed by atoms with Crippen LogP contribution in [-0.2, 0) is 17.7 Å². The van der Waals surface area contributed by atoms with E-state index in [0.29, 0.717) is 38.4 Å². The molecule has 2 aromatic heterocycles. The SMILES string of the molecule is Cc1ccc(C(=O)N2CCOC[C@@H](Cc3cccc4cccnc34)C2)cc1NCc1ccccn1. The molecule has 0 spiro atoms. The van der Waals surface area contributed by atoms with Crippen LogP contribution in [0.5, 0.6) is 0 Å². The number of nitrogens with one attached hydrogen (secondary N) is 1. The summed E-state index contributed by atoms with van der Waals surface area (Å²) in [5.41, 5.74) is 5.91. The molecule has 0 radical (unpaired) electrons. The smallest absolute Gasteiger partial charge is 0.254 e. The monoisotopic (exact) mass is 466 g/mol. The molecular weight excluding hydrogens is 436 g/mol. The van der Waals surface area contributed by atoms with Crippen LogP contribution >= 0.6 is 0 Å². The number of benzene rings is 2. The lowest BCUT2D eigenvalue weighted by Gasteiger charge is -2.24. The largest absolute Gasteiger partial charge is 0.379 e. The third-order valence-corrected chi connectivity index (χ3v) is 6.52. The maximum absolute atomic E-state index is 13.5. The predicted molar refractivity (Wildman–Crippen MR) is 138 cm³/mol. The van der Waals surface area contributed by atoms with Crippen molar-refractivity contribution in [2.75, 3.05) is 31.6 Å². The number of pyridine rings is 2. The van der Waals surface area contributed by atoms with E-state index in [1.165, 1.54) is 5.56 Å².